The lowest BCUT2D eigenvalue weighted by Gasteiger charge is -2.34. The fraction of sp³-hybridized carbons (Fsp3) is 0.538. The number of ether oxygens (including phenoxy) is 1. The van der Waals surface area contributed by atoms with E-state index in [1.165, 1.54) is 12.1 Å². The van der Waals surface area contributed by atoms with Gasteiger partial charge in [-0.05, 0) is 26.0 Å². The predicted molar refractivity (Wildman–Crippen MR) is 70.2 cm³/mol. The third kappa shape index (κ3) is 3.38. The lowest BCUT2D eigenvalue weighted by Crippen LogP contribution is -2.48. The predicted octanol–water partition coefficient (Wildman–Crippen LogP) is 2.50. The molecule has 0 spiro atoms. The second-order valence-corrected chi connectivity index (χ2v) is 6.98. The van der Waals surface area contributed by atoms with Crippen LogP contribution in [0.3, 0.4) is 0 Å². The highest BCUT2D eigenvalue weighted by molar-refractivity contribution is 7.89. The largest absolute Gasteiger partial charge is 0.417 e. The molecule has 0 aliphatic carbocycles. The SMILES string of the molecule is C[C@@H]1CN(S(=O)(=O)c2ccccc2C(F)(F)F)C[C@@H](C)O1. The molecule has 1 saturated heterocycles. The minimum Gasteiger partial charge on any atom is -0.373 e. The van der Waals surface area contributed by atoms with E-state index in [2.05, 4.69) is 0 Å². The first-order valence-electron chi connectivity index (χ1n) is 6.44. The highest BCUT2D eigenvalue weighted by Crippen LogP contribution is 2.35. The highest BCUT2D eigenvalue weighted by atomic mass is 32.2. The van der Waals surface area contributed by atoms with Gasteiger partial charge in [0, 0.05) is 13.1 Å². The summed E-state index contributed by atoms with van der Waals surface area (Å²) in [6.45, 7) is 3.46. The minimum absolute atomic E-state index is 0.0405. The summed E-state index contributed by atoms with van der Waals surface area (Å²) in [5.74, 6) is 0. The highest BCUT2D eigenvalue weighted by Gasteiger charge is 2.40. The molecule has 21 heavy (non-hydrogen) atoms. The van der Waals surface area contributed by atoms with E-state index < -0.39 is 26.7 Å². The van der Waals surface area contributed by atoms with Crippen LogP contribution in [0, 0.1) is 0 Å². The average molecular weight is 323 g/mol. The van der Waals surface area contributed by atoms with Crippen molar-refractivity contribution in [2.45, 2.75) is 37.1 Å². The maximum atomic E-state index is 13.0. The van der Waals surface area contributed by atoms with E-state index in [-0.39, 0.29) is 25.3 Å². The molecule has 1 fully saturated rings. The summed E-state index contributed by atoms with van der Waals surface area (Å²) in [7, 11) is -4.21. The van der Waals surface area contributed by atoms with Crippen molar-refractivity contribution in [2.75, 3.05) is 13.1 Å². The second-order valence-electron chi connectivity index (χ2n) is 5.07. The molecular formula is C13H16F3NO3S. The summed E-state index contributed by atoms with van der Waals surface area (Å²) < 4.78 is 70.5. The van der Waals surface area contributed by atoms with E-state index in [4.69, 9.17) is 4.74 Å². The van der Waals surface area contributed by atoms with Crippen molar-refractivity contribution in [1.29, 1.82) is 0 Å². The molecule has 2 atom stereocenters. The normalized spacial score (nSPS) is 25.0. The van der Waals surface area contributed by atoms with Gasteiger partial charge in [-0.25, -0.2) is 8.42 Å². The first-order chi connectivity index (χ1) is 9.62. The number of nitrogens with zero attached hydrogens (tertiary/aromatic N) is 1. The monoisotopic (exact) mass is 323 g/mol. The number of hydrogen-bond acceptors (Lipinski definition) is 3. The summed E-state index contributed by atoms with van der Waals surface area (Å²) in [5.41, 5.74) is -1.14. The van der Waals surface area contributed by atoms with Gasteiger partial charge in [0.25, 0.3) is 0 Å². The molecule has 1 heterocycles. The van der Waals surface area contributed by atoms with Gasteiger partial charge in [0.15, 0.2) is 0 Å². The zero-order valence-corrected chi connectivity index (χ0v) is 12.4. The Balaban J connectivity index is 2.45. The molecule has 1 aliphatic rings. The van der Waals surface area contributed by atoms with Crippen LogP contribution in [0.15, 0.2) is 29.2 Å². The van der Waals surface area contributed by atoms with E-state index in [1.54, 1.807) is 13.8 Å². The third-order valence-electron chi connectivity index (χ3n) is 3.20. The number of hydrogen-bond donors (Lipinski definition) is 0. The van der Waals surface area contributed by atoms with Crippen molar-refractivity contribution in [1.82, 2.24) is 4.31 Å². The zero-order valence-electron chi connectivity index (χ0n) is 11.6. The average Bonchev–Trinajstić information content (AvgIpc) is 2.36. The van der Waals surface area contributed by atoms with Crippen LogP contribution in [-0.2, 0) is 20.9 Å². The first-order valence-corrected chi connectivity index (χ1v) is 7.88. The Kier molecular flexibility index (Phi) is 4.32. The van der Waals surface area contributed by atoms with Gasteiger partial charge in [-0.15, -0.1) is 0 Å². The fourth-order valence-electron chi connectivity index (χ4n) is 2.39. The van der Waals surface area contributed by atoms with Crippen molar-refractivity contribution in [2.24, 2.45) is 0 Å². The maximum absolute atomic E-state index is 13.0. The summed E-state index contributed by atoms with van der Waals surface area (Å²) >= 11 is 0. The first kappa shape index (κ1) is 16.3. The molecule has 1 aromatic carbocycles. The standard InChI is InChI=1S/C13H16F3NO3S/c1-9-7-17(8-10(2)20-9)21(18,19)12-6-4-3-5-11(12)13(14,15)16/h3-6,9-10H,7-8H2,1-2H3/t9-,10-/m1/s1. The van der Waals surface area contributed by atoms with Gasteiger partial charge in [0.05, 0.1) is 22.7 Å². The third-order valence-corrected chi connectivity index (χ3v) is 5.09. The number of rotatable bonds is 2. The van der Waals surface area contributed by atoms with E-state index >= 15 is 0 Å². The van der Waals surface area contributed by atoms with Crippen LogP contribution >= 0.6 is 0 Å². The molecule has 1 aliphatic heterocycles. The van der Waals surface area contributed by atoms with Gasteiger partial charge < -0.3 is 4.74 Å². The van der Waals surface area contributed by atoms with E-state index in [1.807, 2.05) is 0 Å². The van der Waals surface area contributed by atoms with Crippen LogP contribution < -0.4 is 0 Å². The molecule has 0 aromatic heterocycles. The van der Waals surface area contributed by atoms with Crippen molar-refractivity contribution >= 4 is 10.0 Å². The topological polar surface area (TPSA) is 46.6 Å². The van der Waals surface area contributed by atoms with E-state index in [0.717, 1.165) is 16.4 Å². The molecule has 0 bridgehead atoms. The zero-order chi connectivity index (χ0) is 15.8. The Morgan fingerprint density at radius 2 is 1.67 bits per heavy atom. The van der Waals surface area contributed by atoms with Gasteiger partial charge in [-0.2, -0.15) is 17.5 Å². The van der Waals surface area contributed by atoms with Gasteiger partial charge in [-0.3, -0.25) is 0 Å². The molecule has 0 saturated carbocycles. The van der Waals surface area contributed by atoms with Crippen molar-refractivity contribution in [3.8, 4) is 0 Å². The van der Waals surface area contributed by atoms with Gasteiger partial charge in [-0.1, -0.05) is 12.1 Å². The molecule has 0 amide bonds. The molecule has 0 radical (unpaired) electrons. The molecular weight excluding hydrogens is 307 g/mol. The van der Waals surface area contributed by atoms with Crippen LogP contribution in [0.25, 0.3) is 0 Å². The molecule has 8 heteroatoms. The van der Waals surface area contributed by atoms with Crippen LogP contribution in [0.4, 0.5) is 13.2 Å². The Morgan fingerprint density at radius 3 is 2.19 bits per heavy atom. The van der Waals surface area contributed by atoms with Crippen LogP contribution in [-0.4, -0.2) is 38.0 Å². The molecule has 2 rings (SSSR count). The number of morpholine rings is 1. The molecule has 1 aromatic rings. The minimum atomic E-state index is -4.72. The summed E-state index contributed by atoms with van der Waals surface area (Å²) in [5, 5.41) is 0. The van der Waals surface area contributed by atoms with Gasteiger partial charge in [0.1, 0.15) is 0 Å². The Hall–Kier alpha value is -1.12. The van der Waals surface area contributed by atoms with Crippen LogP contribution in [0.5, 0.6) is 0 Å². The number of halogens is 3. The fourth-order valence-corrected chi connectivity index (χ4v) is 4.19. The lowest BCUT2D eigenvalue weighted by atomic mass is 10.2. The van der Waals surface area contributed by atoms with Crippen LogP contribution in [0.1, 0.15) is 19.4 Å². The summed E-state index contributed by atoms with van der Waals surface area (Å²) in [6, 6.07) is 4.23. The number of alkyl halides is 3. The van der Waals surface area contributed by atoms with Gasteiger partial charge in [0.2, 0.25) is 10.0 Å². The second kappa shape index (κ2) is 5.58. The lowest BCUT2D eigenvalue weighted by molar-refractivity contribution is -0.140. The Labute approximate surface area is 121 Å². The number of sulfonamides is 1. The molecule has 0 N–H and O–H groups in total. The summed E-state index contributed by atoms with van der Waals surface area (Å²) in [6.07, 6.45) is -5.43. The van der Waals surface area contributed by atoms with Crippen molar-refractivity contribution in [3.63, 3.8) is 0 Å². The quantitative estimate of drug-likeness (QED) is 0.840. The van der Waals surface area contributed by atoms with E-state index in [0.29, 0.717) is 0 Å². The molecule has 118 valence electrons. The van der Waals surface area contributed by atoms with E-state index in [9.17, 15) is 21.6 Å². The van der Waals surface area contributed by atoms with Gasteiger partial charge >= 0.3 is 6.18 Å². The Bertz CT molecular complexity index is 605. The van der Waals surface area contributed by atoms with Crippen molar-refractivity contribution < 1.29 is 26.3 Å². The number of benzene rings is 1. The van der Waals surface area contributed by atoms with Crippen molar-refractivity contribution in [3.05, 3.63) is 29.8 Å². The smallest absolute Gasteiger partial charge is 0.373 e. The molecule has 4 nitrogen and oxygen atoms in total. The maximum Gasteiger partial charge on any atom is 0.417 e. The van der Waals surface area contributed by atoms with Crippen LogP contribution in [0.2, 0.25) is 0 Å². The summed E-state index contributed by atoms with van der Waals surface area (Å²) in [4.78, 5) is -0.709. The Morgan fingerprint density at radius 1 is 1.14 bits per heavy atom. The molecule has 0 unspecified atom stereocenters.